The van der Waals surface area contributed by atoms with Gasteiger partial charge in [0.2, 0.25) is 0 Å². The largest absolute Gasteiger partial charge is 0.399 e. The summed E-state index contributed by atoms with van der Waals surface area (Å²) in [5.74, 6) is 0. The molecule has 0 unspecified atom stereocenters. The fraction of sp³-hybridized carbons (Fsp3) is 0.328. The number of hydrogen-bond donors (Lipinski definition) is 0. The van der Waals surface area contributed by atoms with E-state index in [1.165, 1.54) is 7.11 Å². The van der Waals surface area contributed by atoms with Gasteiger partial charge in [0.1, 0.15) is 61.7 Å². The van der Waals surface area contributed by atoms with Crippen molar-refractivity contribution < 1.29 is 47.5 Å². The van der Waals surface area contributed by atoms with Gasteiger partial charge >= 0.3 is 0 Å². The number of nitrogens with zero attached hydrogens (tertiary/aromatic N) is 1. The fourth-order valence-electron chi connectivity index (χ4n) is 8.56. The molecule has 6 aromatic carbocycles. The van der Waals surface area contributed by atoms with Crippen LogP contribution in [0.1, 0.15) is 39.8 Å². The van der Waals surface area contributed by atoms with E-state index in [1.54, 1.807) is 6.08 Å². The first-order valence-electron chi connectivity index (χ1n) is 23.7. The summed E-state index contributed by atoms with van der Waals surface area (Å²) in [5, 5.41) is 4.57. The van der Waals surface area contributed by atoms with Crippen LogP contribution in [0.25, 0.3) is 0 Å². The Labute approximate surface area is 406 Å². The van der Waals surface area contributed by atoms with E-state index in [0.717, 1.165) is 33.4 Å². The van der Waals surface area contributed by atoms with Crippen LogP contribution >= 0.6 is 0 Å². The summed E-state index contributed by atoms with van der Waals surface area (Å²) >= 11 is 0. The molecule has 6 aromatic rings. The molecule has 0 spiro atoms. The predicted octanol–water partition coefficient (Wildman–Crippen LogP) is 10.2. The third kappa shape index (κ3) is 14.6. The van der Waals surface area contributed by atoms with Crippen molar-refractivity contribution in [3.05, 3.63) is 228 Å². The van der Waals surface area contributed by atoms with Crippen LogP contribution in [0, 0.1) is 0 Å². The van der Waals surface area contributed by atoms with E-state index >= 15 is 0 Å². The van der Waals surface area contributed by atoms with Gasteiger partial charge in [-0.1, -0.05) is 193 Å². The molecule has 2 aliphatic rings. The fourth-order valence-corrected chi connectivity index (χ4v) is 8.56. The van der Waals surface area contributed by atoms with E-state index in [-0.39, 0.29) is 33.0 Å². The number of rotatable bonds is 25. The SMILES string of the molecule is C=CC[C@H]1O[C@H](COCc2ccccc2)[C@@H](O[C@@H]2O[C@H](COCc3ccccc3)[C@H](OCc3ccccc3)[C@H](OCc3ccccc3)[C@H]2OCc2ccccc2)[C@H](OCc2ccccc2)/C1=N/OC. The zero-order chi connectivity index (χ0) is 47.3. The first kappa shape index (κ1) is 49.6. The second-order valence-corrected chi connectivity index (χ2v) is 17.0. The Morgan fingerprint density at radius 1 is 0.449 bits per heavy atom. The Balaban J connectivity index is 1.19. The first-order chi connectivity index (χ1) is 34.1. The minimum atomic E-state index is -1.08. The zero-order valence-electron chi connectivity index (χ0n) is 39.2. The highest BCUT2D eigenvalue weighted by Gasteiger charge is 2.53. The molecule has 0 radical (unpaired) electrons. The molecule has 0 saturated carbocycles. The van der Waals surface area contributed by atoms with Crippen LogP contribution < -0.4 is 0 Å². The average Bonchev–Trinajstić information content (AvgIpc) is 3.40. The third-order valence-electron chi connectivity index (χ3n) is 12.0. The van der Waals surface area contributed by atoms with Crippen molar-refractivity contribution in [1.29, 1.82) is 0 Å². The lowest BCUT2D eigenvalue weighted by Crippen LogP contribution is -2.65. The molecule has 11 nitrogen and oxygen atoms in total. The number of ether oxygens (including phenoxy) is 9. The minimum absolute atomic E-state index is 0.154. The van der Waals surface area contributed by atoms with Crippen LogP contribution in [0.15, 0.2) is 200 Å². The lowest BCUT2D eigenvalue weighted by atomic mass is 9.93. The quantitative estimate of drug-likeness (QED) is 0.0407. The molecule has 9 atom stereocenters. The van der Waals surface area contributed by atoms with Crippen LogP contribution in [0.3, 0.4) is 0 Å². The van der Waals surface area contributed by atoms with Crippen molar-refractivity contribution in [2.75, 3.05) is 20.3 Å². The van der Waals surface area contributed by atoms with Crippen LogP contribution in [0.2, 0.25) is 0 Å². The van der Waals surface area contributed by atoms with E-state index in [4.69, 9.17) is 47.5 Å². The Morgan fingerprint density at radius 2 is 0.826 bits per heavy atom. The van der Waals surface area contributed by atoms with Gasteiger partial charge in [-0.3, -0.25) is 0 Å². The lowest BCUT2D eigenvalue weighted by Gasteiger charge is -2.49. The molecule has 0 amide bonds. The average molecular weight is 934 g/mol. The van der Waals surface area contributed by atoms with Gasteiger partial charge in [-0.15, -0.1) is 6.58 Å². The van der Waals surface area contributed by atoms with Crippen LogP contribution in [0.5, 0.6) is 0 Å². The van der Waals surface area contributed by atoms with Crippen molar-refractivity contribution in [1.82, 2.24) is 0 Å². The number of oxime groups is 1. The topological polar surface area (TPSA) is 105 Å². The van der Waals surface area contributed by atoms with Gasteiger partial charge in [0.25, 0.3) is 0 Å². The van der Waals surface area contributed by atoms with Gasteiger partial charge < -0.3 is 47.5 Å². The Hall–Kier alpha value is -5.83. The van der Waals surface area contributed by atoms with E-state index in [9.17, 15) is 0 Å². The van der Waals surface area contributed by atoms with Crippen molar-refractivity contribution in [2.45, 2.75) is 101 Å². The molecule has 0 aliphatic carbocycles. The smallest absolute Gasteiger partial charge is 0.187 e. The summed E-state index contributed by atoms with van der Waals surface area (Å²) in [7, 11) is 1.51. The minimum Gasteiger partial charge on any atom is -0.399 e. The summed E-state index contributed by atoms with van der Waals surface area (Å²) in [4.78, 5) is 5.53. The molecule has 2 aliphatic heterocycles. The van der Waals surface area contributed by atoms with Gasteiger partial charge in [-0.25, -0.2) is 0 Å². The van der Waals surface area contributed by atoms with Crippen molar-refractivity contribution in [3.8, 4) is 0 Å². The summed E-state index contributed by atoms with van der Waals surface area (Å²) in [6.45, 7) is 6.11. The van der Waals surface area contributed by atoms with Crippen molar-refractivity contribution in [3.63, 3.8) is 0 Å². The van der Waals surface area contributed by atoms with Gasteiger partial charge in [0, 0.05) is 0 Å². The molecular weight excluding hydrogens is 871 g/mol. The maximum absolute atomic E-state index is 7.41. The zero-order valence-corrected chi connectivity index (χ0v) is 39.2. The highest BCUT2D eigenvalue weighted by molar-refractivity contribution is 5.94. The molecule has 8 rings (SSSR count). The standard InChI is InChI=1S/C58H63NO10/c1-3-22-49-52(59-60-2)55(64-38-46-29-16-7-17-30-46)54(51(67-49)42-62-36-44-25-12-5-13-26-44)69-58-57(66-40-48-33-20-9-21-34-48)56(65-39-47-31-18-8-19-32-47)53(63-37-45-27-14-6-15-28-45)50(68-58)41-61-35-43-23-10-4-11-24-43/h3-21,23-34,49-51,53-58H,1,22,35-42H2,2H3/b59-52+/t49-,50-,51-,53+,54-,55-,56+,57-,58+/m1/s1. The Bertz CT molecular complexity index is 2380. The van der Waals surface area contributed by atoms with Crippen LogP contribution in [-0.4, -0.2) is 81.2 Å². The highest BCUT2D eigenvalue weighted by atomic mass is 16.7. The molecular formula is C58H63NO10. The van der Waals surface area contributed by atoms with Crippen molar-refractivity contribution >= 4 is 5.71 Å². The first-order valence-corrected chi connectivity index (χ1v) is 23.7. The van der Waals surface area contributed by atoms with Crippen LogP contribution in [0.4, 0.5) is 0 Å². The van der Waals surface area contributed by atoms with Crippen LogP contribution in [-0.2, 0) is 87.1 Å². The van der Waals surface area contributed by atoms with Gasteiger partial charge in [-0.05, 0) is 39.8 Å². The third-order valence-corrected chi connectivity index (χ3v) is 12.0. The highest BCUT2D eigenvalue weighted by Crippen LogP contribution is 2.36. The molecule has 0 N–H and O–H groups in total. The molecule has 69 heavy (non-hydrogen) atoms. The molecule has 2 fully saturated rings. The Morgan fingerprint density at radius 3 is 1.25 bits per heavy atom. The molecule has 2 saturated heterocycles. The van der Waals surface area contributed by atoms with E-state index in [0.29, 0.717) is 32.0 Å². The summed E-state index contributed by atoms with van der Waals surface area (Å²) in [5.41, 5.74) is 6.48. The monoisotopic (exact) mass is 933 g/mol. The van der Waals surface area contributed by atoms with E-state index in [1.807, 2.05) is 182 Å². The van der Waals surface area contributed by atoms with E-state index < -0.39 is 55.1 Å². The van der Waals surface area contributed by atoms with Gasteiger partial charge in [0.15, 0.2) is 6.29 Å². The summed E-state index contributed by atoms with van der Waals surface area (Å²) in [6, 6.07) is 60.2. The number of benzene rings is 6. The maximum atomic E-state index is 7.41. The van der Waals surface area contributed by atoms with Gasteiger partial charge in [-0.2, -0.15) is 0 Å². The normalized spacial score (nSPS) is 24.2. The molecule has 2 heterocycles. The second kappa shape index (κ2) is 26.8. The molecule has 0 bridgehead atoms. The number of hydrogen-bond acceptors (Lipinski definition) is 11. The second-order valence-electron chi connectivity index (χ2n) is 17.0. The van der Waals surface area contributed by atoms with Gasteiger partial charge in [0.05, 0.1) is 52.9 Å². The summed E-state index contributed by atoms with van der Waals surface area (Å²) < 4.78 is 62.4. The van der Waals surface area contributed by atoms with Crippen molar-refractivity contribution in [2.24, 2.45) is 5.16 Å². The molecule has 0 aromatic heterocycles. The Kier molecular flexibility index (Phi) is 19.3. The predicted molar refractivity (Wildman–Crippen MR) is 264 cm³/mol. The summed E-state index contributed by atoms with van der Waals surface area (Å²) in [6.07, 6.45) is -4.69. The lowest BCUT2D eigenvalue weighted by molar-refractivity contribution is -0.349. The molecule has 360 valence electrons. The molecule has 11 heteroatoms. The maximum Gasteiger partial charge on any atom is 0.187 e. The van der Waals surface area contributed by atoms with E-state index in [2.05, 4.69) is 11.7 Å².